The van der Waals surface area contributed by atoms with Crippen LogP contribution in [-0.2, 0) is 47.9 Å². The first-order valence-corrected chi connectivity index (χ1v) is 26.4. The molecule has 30 N–H and O–H groups in total. The van der Waals surface area contributed by atoms with Crippen LogP contribution < -0.4 is 92.5 Å². The number of aliphatic hydroxyl groups excluding tert-OH is 3. The number of amides is 9. The summed E-state index contributed by atoms with van der Waals surface area (Å²) in [6.07, 6.45) is 1.01. The third kappa shape index (κ3) is 26.7. The summed E-state index contributed by atoms with van der Waals surface area (Å²) >= 11 is 0. The molecule has 0 radical (unpaired) electrons. The molecule has 0 aliphatic carbocycles. The van der Waals surface area contributed by atoms with Gasteiger partial charge in [-0.15, -0.1) is 0 Å². The lowest BCUT2D eigenvalue weighted by Gasteiger charge is -2.29. The molecule has 1 heterocycles. The average Bonchev–Trinajstić information content (AvgIpc) is 3.93. The number of hydrogen-bond donors (Lipinski definition) is 25. The molecule has 1 aliphatic rings. The maximum absolute atomic E-state index is 14.0. The van der Waals surface area contributed by atoms with E-state index >= 15 is 0 Å². The van der Waals surface area contributed by atoms with E-state index in [2.05, 4.69) is 63.8 Å². The third-order valence-corrected chi connectivity index (χ3v) is 12.4. The molecule has 0 spiro atoms. The number of carboxylic acids is 1. The Morgan fingerprint density at radius 1 is 0.488 bits per heavy atom. The SMILES string of the molecule is CC(C)[C@H](NC(=O)[C@H](CCCNC(=N)N)NC(=O)[C@H](CO)NC(=O)[C@H](C)NC(=O)[C@@H]1CCCN1C(=O)[C@@H](N)CCCNC(=N)N)C(=O)N[C@@H](CO)C(=O)N[C@@H](CCCNC(=N)N)C(=O)N[C@@H](CCCNC(=N)N)C(=O)N[C@@H](CO)C(=O)O. The highest BCUT2D eigenvalue weighted by Gasteiger charge is 2.39. The Labute approximate surface area is 473 Å². The van der Waals surface area contributed by atoms with Crippen LogP contribution in [0.2, 0.25) is 0 Å². The van der Waals surface area contributed by atoms with Crippen molar-refractivity contribution in [3.05, 3.63) is 0 Å². The second-order valence-electron chi connectivity index (χ2n) is 19.4. The summed E-state index contributed by atoms with van der Waals surface area (Å²) < 4.78 is 0. The second kappa shape index (κ2) is 37.5. The van der Waals surface area contributed by atoms with E-state index in [0.29, 0.717) is 19.4 Å². The summed E-state index contributed by atoms with van der Waals surface area (Å²) in [4.78, 5) is 135. The van der Waals surface area contributed by atoms with E-state index in [0.717, 1.165) is 0 Å². The highest BCUT2D eigenvalue weighted by molar-refractivity contribution is 5.98. The van der Waals surface area contributed by atoms with Crippen LogP contribution in [0.4, 0.5) is 0 Å². The van der Waals surface area contributed by atoms with Gasteiger partial charge in [-0.2, -0.15) is 0 Å². The molecule has 36 nitrogen and oxygen atoms in total. The van der Waals surface area contributed by atoms with Gasteiger partial charge in [0.25, 0.3) is 0 Å². The number of aliphatic carboxylic acids is 1. The summed E-state index contributed by atoms with van der Waals surface area (Å²) in [7, 11) is 0. The van der Waals surface area contributed by atoms with Crippen molar-refractivity contribution in [2.75, 3.05) is 52.5 Å². The summed E-state index contributed by atoms with van der Waals surface area (Å²) in [6, 6.07) is -14.6. The number of guanidine groups is 4. The molecule has 1 rings (SSSR count). The molecular weight excluding hydrogens is 1080 g/mol. The van der Waals surface area contributed by atoms with Crippen molar-refractivity contribution in [2.24, 2.45) is 34.6 Å². The van der Waals surface area contributed by atoms with Crippen molar-refractivity contribution in [3.8, 4) is 0 Å². The van der Waals surface area contributed by atoms with Gasteiger partial charge in [-0.3, -0.25) is 64.8 Å². The number of nitrogens with zero attached hydrogens (tertiary/aromatic N) is 1. The smallest absolute Gasteiger partial charge is 0.328 e. The second-order valence-corrected chi connectivity index (χ2v) is 19.4. The number of carboxylic acid groups (broad SMARTS) is 1. The van der Waals surface area contributed by atoms with E-state index in [1.54, 1.807) is 0 Å². The van der Waals surface area contributed by atoms with Gasteiger partial charge in [0, 0.05) is 32.7 Å². The molecule has 0 saturated carbocycles. The number of nitrogens with one attached hydrogen (secondary N) is 16. The molecule has 1 saturated heterocycles. The van der Waals surface area contributed by atoms with E-state index in [1.807, 2.05) is 0 Å². The van der Waals surface area contributed by atoms with E-state index < -0.39 is 163 Å². The minimum Gasteiger partial charge on any atom is -0.480 e. The standard InChI is InChI=1S/C46H86N22O14/c1-22(2)32(40(79)65-29(20-70)38(77)62-25(10-5-15-57-44(50)51)34(73)61-26(11-6-16-58-45(52)53)35(74)66-30(21-71)42(81)82)67-36(75)27(12-7-17-59-46(54)55)63-37(76)28(19-69)64-33(72)23(3)60-39(78)31-13-8-18-68(31)41(80)24(47)9-4-14-56-43(48)49/h22-32,69-71H,4-21,47H2,1-3H3,(H,60,78)(H,61,73)(H,62,77)(H,63,76)(H,64,72)(H,65,79)(H,66,74)(H,67,75)(H,81,82)(H4,48,49,56)(H4,50,51,57)(H4,52,53,58)(H4,54,55,59)/t23-,24-,25-,26-,27-,28-,29-,30-,31-,32-/m0/s1. The van der Waals surface area contributed by atoms with Gasteiger partial charge in [0.2, 0.25) is 53.2 Å². The fourth-order valence-corrected chi connectivity index (χ4v) is 7.96. The predicted octanol–water partition coefficient (Wildman–Crippen LogP) is -10.0. The molecule has 36 heteroatoms. The molecular formula is C46H86N22O14. The number of carbonyl (C=O) groups excluding carboxylic acids is 9. The molecule has 0 bridgehead atoms. The lowest BCUT2D eigenvalue weighted by atomic mass is 10.0. The topological polar surface area (TPSA) is 625 Å². The number of carbonyl (C=O) groups is 10. The number of aliphatic hydroxyl groups is 3. The minimum absolute atomic E-state index is 0.0122. The van der Waals surface area contributed by atoms with E-state index in [4.69, 9.17) is 50.3 Å². The third-order valence-electron chi connectivity index (χ3n) is 12.4. The Morgan fingerprint density at radius 3 is 1.20 bits per heavy atom. The van der Waals surface area contributed by atoms with Crippen LogP contribution in [0, 0.1) is 27.6 Å². The fraction of sp³-hybridized carbons (Fsp3) is 0.696. The normalized spacial score (nSPS) is 16.0. The van der Waals surface area contributed by atoms with Crippen molar-refractivity contribution in [1.82, 2.24) is 68.7 Å². The zero-order chi connectivity index (χ0) is 62.2. The van der Waals surface area contributed by atoms with Gasteiger partial charge in [-0.1, -0.05) is 13.8 Å². The average molecular weight is 1170 g/mol. The Balaban J connectivity index is 3.30. The zero-order valence-corrected chi connectivity index (χ0v) is 46.3. The summed E-state index contributed by atoms with van der Waals surface area (Å²) in [5, 5.41) is 98.2. The Hall–Kier alpha value is -8.38. The summed E-state index contributed by atoms with van der Waals surface area (Å²) in [5.41, 5.74) is 27.5. The molecule has 0 aromatic carbocycles. The highest BCUT2D eigenvalue weighted by Crippen LogP contribution is 2.19. The number of likely N-dealkylation sites (tertiary alicyclic amines) is 1. The van der Waals surface area contributed by atoms with E-state index in [9.17, 15) is 68.4 Å². The first-order chi connectivity index (χ1) is 38.6. The minimum atomic E-state index is -1.81. The number of nitrogens with two attached hydrogens (primary N) is 5. The largest absolute Gasteiger partial charge is 0.480 e. The predicted molar refractivity (Wildman–Crippen MR) is 294 cm³/mol. The zero-order valence-electron chi connectivity index (χ0n) is 46.3. The molecule has 10 atom stereocenters. The molecule has 9 amide bonds. The van der Waals surface area contributed by atoms with Gasteiger partial charge in [0.15, 0.2) is 23.8 Å². The van der Waals surface area contributed by atoms with Gasteiger partial charge < -0.3 is 118 Å². The first-order valence-electron chi connectivity index (χ1n) is 26.4. The first kappa shape index (κ1) is 71.6. The molecule has 0 aromatic rings. The maximum Gasteiger partial charge on any atom is 0.328 e. The molecule has 1 fully saturated rings. The van der Waals surface area contributed by atoms with Crippen molar-refractivity contribution in [2.45, 2.75) is 145 Å². The van der Waals surface area contributed by atoms with Crippen LogP contribution in [0.25, 0.3) is 0 Å². The monoisotopic (exact) mass is 1170 g/mol. The van der Waals surface area contributed by atoms with Gasteiger partial charge in [-0.05, 0) is 77.0 Å². The quantitative estimate of drug-likeness (QED) is 0.0155. The van der Waals surface area contributed by atoms with Crippen molar-refractivity contribution < 1.29 is 68.4 Å². The number of hydrogen-bond acceptors (Lipinski definition) is 18. The van der Waals surface area contributed by atoms with Gasteiger partial charge in [0.1, 0.15) is 54.4 Å². The Bertz CT molecular complexity index is 2230. The lowest BCUT2D eigenvalue weighted by Crippen LogP contribution is -2.62. The van der Waals surface area contributed by atoms with Crippen molar-refractivity contribution in [1.29, 1.82) is 21.6 Å². The fourth-order valence-electron chi connectivity index (χ4n) is 7.96. The van der Waals surface area contributed by atoms with Crippen LogP contribution >= 0.6 is 0 Å². The molecule has 464 valence electrons. The highest BCUT2D eigenvalue weighted by atomic mass is 16.4. The molecule has 82 heavy (non-hydrogen) atoms. The number of rotatable bonds is 38. The van der Waals surface area contributed by atoms with Crippen LogP contribution in [0.3, 0.4) is 0 Å². The molecule has 1 aliphatic heterocycles. The Morgan fingerprint density at radius 2 is 0.829 bits per heavy atom. The summed E-state index contributed by atoms with van der Waals surface area (Å²) in [5.74, 6) is -12.2. The van der Waals surface area contributed by atoms with E-state index in [1.165, 1.54) is 25.7 Å². The Kier molecular flexibility index (Phi) is 32.8. The van der Waals surface area contributed by atoms with Crippen molar-refractivity contribution in [3.63, 3.8) is 0 Å². The maximum atomic E-state index is 14.0. The van der Waals surface area contributed by atoms with Crippen LogP contribution in [-0.4, -0.2) is 221 Å². The van der Waals surface area contributed by atoms with Crippen LogP contribution in [0.5, 0.6) is 0 Å². The van der Waals surface area contributed by atoms with Crippen LogP contribution in [0.1, 0.15) is 85.0 Å². The van der Waals surface area contributed by atoms with Crippen molar-refractivity contribution >= 4 is 83.0 Å². The summed E-state index contributed by atoms with van der Waals surface area (Å²) in [6.45, 7) is 1.83. The lowest BCUT2D eigenvalue weighted by molar-refractivity contribution is -0.143. The van der Waals surface area contributed by atoms with Gasteiger partial charge in [-0.25, -0.2) is 4.79 Å². The van der Waals surface area contributed by atoms with Gasteiger partial charge in [0.05, 0.1) is 25.9 Å². The molecule has 0 aromatic heterocycles. The van der Waals surface area contributed by atoms with Crippen LogP contribution in [0.15, 0.2) is 0 Å². The molecule has 0 unspecified atom stereocenters. The van der Waals surface area contributed by atoms with Gasteiger partial charge >= 0.3 is 5.97 Å². The van der Waals surface area contributed by atoms with E-state index in [-0.39, 0.29) is 83.5 Å².